The van der Waals surface area contributed by atoms with Crippen molar-refractivity contribution in [3.63, 3.8) is 0 Å². The van der Waals surface area contributed by atoms with Gasteiger partial charge in [0.05, 0.1) is 5.70 Å². The van der Waals surface area contributed by atoms with Gasteiger partial charge in [0.15, 0.2) is 0 Å². The molecular weight excluding hydrogens is 380 g/mol. The molecule has 0 saturated carbocycles. The van der Waals surface area contributed by atoms with Gasteiger partial charge in [0.2, 0.25) is 0 Å². The van der Waals surface area contributed by atoms with Crippen molar-refractivity contribution in [3.8, 4) is 0 Å². The second-order valence-electron chi connectivity index (χ2n) is 4.92. The predicted octanol–water partition coefficient (Wildman–Crippen LogP) is -1.64. The molecule has 3 rings (SSSR count). The molecule has 0 aromatic heterocycles. The van der Waals surface area contributed by atoms with Crippen LogP contribution in [0.15, 0.2) is 62.1 Å². The zero-order chi connectivity index (χ0) is 13.7. The Morgan fingerprint density at radius 1 is 1.19 bits per heavy atom. The average molecular weight is 400 g/mol. The molecule has 3 aliphatic rings. The van der Waals surface area contributed by atoms with Gasteiger partial charge in [-0.3, -0.25) is 4.99 Å². The molecule has 0 spiro atoms. The standard InChI is InChI=1S/C9H9N.C5H5.C3H6.2ClH.Zr/c1-2-8-6-7-4-3-5-9(7)10-8;1-2-4-5-3-1;1-3-2;;;/h3-6H,2H2,1H3;1-3H,4H2;1-2H3;2*1H;/q;;;;;+2/p-2. The Kier molecular flexibility index (Phi) is 10.3. The molecule has 0 radical (unpaired) electrons. The van der Waals surface area contributed by atoms with Gasteiger partial charge in [-0.2, -0.15) is 0 Å². The molecule has 0 saturated heterocycles. The van der Waals surface area contributed by atoms with Crippen molar-refractivity contribution >= 4 is 8.92 Å². The van der Waals surface area contributed by atoms with E-state index >= 15 is 0 Å². The van der Waals surface area contributed by atoms with Crippen LogP contribution >= 0.6 is 0 Å². The smallest absolute Gasteiger partial charge is 1.00 e. The summed E-state index contributed by atoms with van der Waals surface area (Å²) < 4.78 is 3.40. The summed E-state index contributed by atoms with van der Waals surface area (Å²) in [6.07, 6.45) is 17.3. The first kappa shape index (κ1) is 20.7. The number of allylic oxidation sites excluding steroid dienone is 8. The topological polar surface area (TPSA) is 12.4 Å². The van der Waals surface area contributed by atoms with E-state index in [4.69, 9.17) is 0 Å². The van der Waals surface area contributed by atoms with E-state index in [0.29, 0.717) is 0 Å². The predicted molar refractivity (Wildman–Crippen MR) is 81.2 cm³/mol. The number of hydrogen-bond donors (Lipinski definition) is 0. The van der Waals surface area contributed by atoms with Crippen LogP contribution in [-0.4, -0.2) is 8.92 Å². The molecule has 2 aliphatic carbocycles. The third-order valence-corrected chi connectivity index (χ3v) is 5.89. The maximum atomic E-state index is 4.39. The summed E-state index contributed by atoms with van der Waals surface area (Å²) in [4.78, 5) is 4.39. The van der Waals surface area contributed by atoms with Gasteiger partial charge in [-0.1, -0.05) is 19.1 Å². The molecule has 1 aliphatic heterocycles. The third kappa shape index (κ3) is 6.55. The second-order valence-corrected chi connectivity index (χ2v) is 9.57. The molecule has 0 aromatic carbocycles. The van der Waals surface area contributed by atoms with Crippen molar-refractivity contribution in [2.45, 2.75) is 33.6 Å². The van der Waals surface area contributed by atoms with Gasteiger partial charge in [0.25, 0.3) is 0 Å². The van der Waals surface area contributed by atoms with E-state index in [-0.39, 0.29) is 47.6 Å². The second kappa shape index (κ2) is 10.4. The van der Waals surface area contributed by atoms with E-state index < -0.39 is 0 Å². The number of hydrogen-bond acceptors (Lipinski definition) is 1. The summed E-state index contributed by atoms with van der Waals surface area (Å²) in [5.74, 6) is 0. The molecule has 4 heteroatoms. The Morgan fingerprint density at radius 2 is 1.95 bits per heavy atom. The van der Waals surface area contributed by atoms with Crippen molar-refractivity contribution in [2.24, 2.45) is 4.99 Å². The minimum Gasteiger partial charge on any atom is -1.00 e. The third-order valence-electron chi connectivity index (χ3n) is 2.96. The van der Waals surface area contributed by atoms with E-state index in [1.54, 1.807) is 6.49 Å². The van der Waals surface area contributed by atoms with Crippen LogP contribution in [0.25, 0.3) is 0 Å². The zero-order valence-corrected chi connectivity index (χ0v) is 16.6. The average Bonchev–Trinajstić information content (AvgIpc) is 3.02. The van der Waals surface area contributed by atoms with Gasteiger partial charge < -0.3 is 24.8 Å². The number of aliphatic imine (C=N–C) groups is 1. The van der Waals surface area contributed by atoms with Crippen LogP contribution in [0, 0.1) is 0 Å². The van der Waals surface area contributed by atoms with Crippen LogP contribution in [0.2, 0.25) is 0 Å². The number of halogens is 2. The fourth-order valence-electron chi connectivity index (χ4n) is 2.06. The zero-order valence-electron chi connectivity index (χ0n) is 12.7. The molecule has 0 amide bonds. The van der Waals surface area contributed by atoms with E-state index in [9.17, 15) is 0 Å². The van der Waals surface area contributed by atoms with Crippen molar-refractivity contribution < 1.29 is 47.6 Å². The molecule has 21 heavy (non-hydrogen) atoms. The fraction of sp³-hybridized carbons (Fsp3) is 0.294. The minimum absolute atomic E-state index is 0. The Balaban J connectivity index is 0.000000350. The van der Waals surface area contributed by atoms with Crippen molar-refractivity contribution in [1.82, 2.24) is 0 Å². The fourth-order valence-corrected chi connectivity index (χ4v) is 4.62. The maximum Gasteiger partial charge on any atom is -1.00 e. The summed E-state index contributed by atoms with van der Waals surface area (Å²) in [6, 6.07) is 0. The van der Waals surface area contributed by atoms with Gasteiger partial charge in [-0.25, -0.2) is 0 Å². The first-order chi connectivity index (χ1) is 9.19. The van der Waals surface area contributed by atoms with Crippen molar-refractivity contribution in [1.29, 1.82) is 0 Å². The normalized spacial score (nSPS) is 16.1. The Bertz CT molecular complexity index is 572. The molecule has 0 bridgehead atoms. The molecule has 0 unspecified atom stereocenters. The monoisotopic (exact) mass is 398 g/mol. The molecule has 0 atom stereocenters. The largest absolute Gasteiger partial charge is 1.00 e. The Labute approximate surface area is 151 Å². The summed E-state index contributed by atoms with van der Waals surface area (Å²) in [5, 5.41) is 0. The first-order valence-corrected chi connectivity index (χ1v) is 9.25. The van der Waals surface area contributed by atoms with Crippen LogP contribution in [0.5, 0.6) is 0 Å². The molecule has 111 valence electrons. The first-order valence-electron chi connectivity index (χ1n) is 6.80. The van der Waals surface area contributed by atoms with Gasteiger partial charge in [0.1, 0.15) is 0 Å². The number of nitrogens with zero attached hydrogens (tertiary/aromatic N) is 1. The van der Waals surface area contributed by atoms with E-state index in [1.165, 1.54) is 17.7 Å². The minimum atomic E-state index is -0.220. The molecule has 0 N–H and O–H groups in total. The van der Waals surface area contributed by atoms with Crippen LogP contribution in [0.3, 0.4) is 0 Å². The number of fused-ring (bicyclic) bond motifs is 1. The van der Waals surface area contributed by atoms with E-state index in [1.807, 2.05) is 6.08 Å². The van der Waals surface area contributed by atoms with Gasteiger partial charge >= 0.3 is 67.7 Å². The quantitative estimate of drug-likeness (QED) is 0.528. The summed E-state index contributed by atoms with van der Waals surface area (Å²) in [7, 11) is 0. The molecule has 1 heterocycles. The molecule has 0 aromatic rings. The van der Waals surface area contributed by atoms with Crippen molar-refractivity contribution in [3.05, 3.63) is 57.1 Å². The Hall–Kier alpha value is -0.297. The molecule has 0 fully saturated rings. The summed E-state index contributed by atoms with van der Waals surface area (Å²) >= 11 is -0.220. The van der Waals surface area contributed by atoms with Crippen LogP contribution in [0.4, 0.5) is 0 Å². The SMILES string of the molecule is CCC1=NC2=CC=CC2=C1.C[C](C)=[Zr+2][C]1=CC=CC1.[Cl-].[Cl-]. The van der Waals surface area contributed by atoms with Gasteiger partial charge in [0, 0.05) is 11.3 Å². The molecule has 1 nitrogen and oxygen atoms in total. The Morgan fingerprint density at radius 3 is 2.48 bits per heavy atom. The number of rotatable bonds is 2. The van der Waals surface area contributed by atoms with Gasteiger partial charge in [-0.15, -0.1) is 0 Å². The maximum absolute atomic E-state index is 4.39. The van der Waals surface area contributed by atoms with E-state index in [0.717, 1.165) is 12.1 Å². The van der Waals surface area contributed by atoms with Crippen LogP contribution in [0.1, 0.15) is 33.6 Å². The van der Waals surface area contributed by atoms with Gasteiger partial charge in [-0.05, 0) is 18.6 Å². The van der Waals surface area contributed by atoms with E-state index in [2.05, 4.69) is 62.2 Å². The molecular formula is C17H20Cl2NZr. The van der Waals surface area contributed by atoms with Crippen molar-refractivity contribution in [2.75, 3.05) is 0 Å². The van der Waals surface area contributed by atoms with Crippen LogP contribution < -0.4 is 24.8 Å². The summed E-state index contributed by atoms with van der Waals surface area (Å²) in [6.45, 7) is 6.64. The summed E-state index contributed by atoms with van der Waals surface area (Å²) in [5.41, 5.74) is 3.61. The van der Waals surface area contributed by atoms with Crippen LogP contribution in [-0.2, 0) is 22.8 Å².